The highest BCUT2D eigenvalue weighted by atomic mass is 79.9. The van der Waals surface area contributed by atoms with Crippen molar-refractivity contribution in [3.05, 3.63) is 34.3 Å². The lowest BCUT2D eigenvalue weighted by molar-refractivity contribution is -0.138. The van der Waals surface area contributed by atoms with E-state index in [1.807, 2.05) is 0 Å². The van der Waals surface area contributed by atoms with Crippen molar-refractivity contribution in [1.29, 1.82) is 0 Å². The summed E-state index contributed by atoms with van der Waals surface area (Å²) in [6, 6.07) is 8.67. The average molecular weight is 315 g/mol. The molecule has 3 heteroatoms. The highest BCUT2D eigenvalue weighted by Crippen LogP contribution is 2.88. The third kappa shape index (κ3) is 1.18. The smallest absolute Gasteiger partial charge is 0.131 e. The first-order valence-electron chi connectivity index (χ1n) is 7.10. The van der Waals surface area contributed by atoms with E-state index >= 15 is 0 Å². The largest absolute Gasteiger partial charge is 0.300 e. The molecule has 96 valence electrons. The third-order valence-electron chi connectivity index (χ3n) is 6.36. The molecular weight excluding hydrogens is 299 g/mol. The Morgan fingerprint density at radius 2 is 2.05 bits per heavy atom. The fraction of sp³-hybridized carbons (Fsp3) is 0.562. The van der Waals surface area contributed by atoms with E-state index in [1.54, 1.807) is 0 Å². The van der Waals surface area contributed by atoms with E-state index in [0.717, 1.165) is 23.7 Å². The number of rotatable bonds is 3. The first-order chi connectivity index (χ1) is 9.10. The van der Waals surface area contributed by atoms with Crippen LogP contribution in [0.5, 0.6) is 0 Å². The number of benzene rings is 1. The molecule has 1 aromatic carbocycles. The monoisotopic (exact) mass is 314 g/mol. The lowest BCUT2D eigenvalue weighted by Gasteiger charge is -2.48. The van der Waals surface area contributed by atoms with Crippen molar-refractivity contribution in [2.24, 2.45) is 10.8 Å². The minimum absolute atomic E-state index is 0.0654. The zero-order valence-corrected chi connectivity index (χ0v) is 12.5. The normalized spacial score (nSPS) is 42.2. The molecular formula is C16H16BBrO. The summed E-state index contributed by atoms with van der Waals surface area (Å²) in [5, 5.41) is 0. The van der Waals surface area contributed by atoms with Crippen molar-refractivity contribution in [3.8, 4) is 0 Å². The summed E-state index contributed by atoms with van der Waals surface area (Å²) in [5.74, 6) is 0.313. The highest BCUT2D eigenvalue weighted by molar-refractivity contribution is 9.10. The summed E-state index contributed by atoms with van der Waals surface area (Å²) < 4.78 is 1.14. The minimum atomic E-state index is -0.0654. The van der Waals surface area contributed by atoms with Gasteiger partial charge in [0.15, 0.2) is 0 Å². The van der Waals surface area contributed by atoms with E-state index in [-0.39, 0.29) is 22.6 Å². The first kappa shape index (κ1) is 12.2. The topological polar surface area (TPSA) is 17.1 Å². The molecule has 1 aromatic rings. The third-order valence-corrected chi connectivity index (χ3v) is 6.86. The van der Waals surface area contributed by atoms with Gasteiger partial charge < -0.3 is 0 Å². The van der Waals surface area contributed by atoms with E-state index in [1.165, 1.54) is 18.4 Å². The molecule has 1 spiro atoms. The number of halogens is 1. The Morgan fingerprint density at radius 3 is 2.68 bits per heavy atom. The SMILES string of the molecule is [B]CC(=O)C12CCC3(c4cccc(Br)c4)CC13CC2. The van der Waals surface area contributed by atoms with E-state index in [2.05, 4.69) is 40.2 Å². The molecule has 3 atom stereocenters. The fourth-order valence-corrected chi connectivity index (χ4v) is 5.72. The van der Waals surface area contributed by atoms with Gasteiger partial charge >= 0.3 is 0 Å². The van der Waals surface area contributed by atoms with Gasteiger partial charge in [0, 0.05) is 15.3 Å². The van der Waals surface area contributed by atoms with Crippen LogP contribution in [0.15, 0.2) is 28.7 Å². The second kappa shape index (κ2) is 3.55. The lowest BCUT2D eigenvalue weighted by Crippen LogP contribution is -2.47. The van der Waals surface area contributed by atoms with Crippen LogP contribution < -0.4 is 0 Å². The maximum absolute atomic E-state index is 12.3. The molecule has 19 heavy (non-hydrogen) atoms. The summed E-state index contributed by atoms with van der Waals surface area (Å²) in [6.45, 7) is 0. The minimum Gasteiger partial charge on any atom is -0.300 e. The van der Waals surface area contributed by atoms with Crippen molar-refractivity contribution >= 4 is 29.6 Å². The number of Topliss-reactive ketones (excluding diaryl/α,β-unsaturated/α-hetero) is 1. The van der Waals surface area contributed by atoms with Crippen molar-refractivity contribution in [3.63, 3.8) is 0 Å². The first-order valence-corrected chi connectivity index (χ1v) is 7.89. The summed E-state index contributed by atoms with van der Waals surface area (Å²) in [6.07, 6.45) is 5.91. The molecule has 3 fully saturated rings. The van der Waals surface area contributed by atoms with Gasteiger partial charge in [-0.15, -0.1) is 0 Å². The van der Waals surface area contributed by atoms with E-state index in [4.69, 9.17) is 7.85 Å². The average Bonchev–Trinajstić information content (AvgIpc) is 3.06. The number of hydrogen-bond acceptors (Lipinski definition) is 1. The van der Waals surface area contributed by atoms with Gasteiger partial charge in [-0.1, -0.05) is 28.1 Å². The van der Waals surface area contributed by atoms with E-state index in [0.29, 0.717) is 5.78 Å². The molecule has 3 saturated carbocycles. The molecule has 0 saturated heterocycles. The van der Waals surface area contributed by atoms with Crippen molar-refractivity contribution in [1.82, 2.24) is 0 Å². The Morgan fingerprint density at radius 1 is 1.26 bits per heavy atom. The number of hydrogen-bond donors (Lipinski definition) is 0. The molecule has 4 rings (SSSR count). The molecule has 1 nitrogen and oxygen atoms in total. The molecule has 3 aliphatic rings. The molecule has 0 aliphatic heterocycles. The maximum atomic E-state index is 12.3. The summed E-state index contributed by atoms with van der Waals surface area (Å²) >= 11 is 3.57. The Kier molecular flexibility index (Phi) is 2.28. The summed E-state index contributed by atoms with van der Waals surface area (Å²) in [5.41, 5.74) is 1.90. The quantitative estimate of drug-likeness (QED) is 0.775. The van der Waals surface area contributed by atoms with Crippen LogP contribution in [0.1, 0.15) is 37.7 Å². The highest BCUT2D eigenvalue weighted by Gasteiger charge is 2.84. The Hall–Kier alpha value is -0.565. The molecule has 3 aliphatic carbocycles. The molecule has 0 bridgehead atoms. The van der Waals surface area contributed by atoms with Crippen LogP contribution in [0.4, 0.5) is 0 Å². The van der Waals surface area contributed by atoms with Gasteiger partial charge in [0.25, 0.3) is 0 Å². The van der Waals surface area contributed by atoms with Gasteiger partial charge in [-0.25, -0.2) is 0 Å². The van der Waals surface area contributed by atoms with Crippen LogP contribution in [0, 0.1) is 10.8 Å². The molecule has 0 aromatic heterocycles. The number of ketones is 1. The Bertz CT molecular complexity index is 582. The maximum Gasteiger partial charge on any atom is 0.131 e. The number of carbonyl (C=O) groups excluding carboxylic acids is 1. The van der Waals surface area contributed by atoms with E-state index in [9.17, 15) is 4.79 Å². The van der Waals surface area contributed by atoms with Crippen LogP contribution >= 0.6 is 15.9 Å². The molecule has 2 radical (unpaired) electrons. The second-order valence-corrected chi connectivity index (χ2v) is 7.48. The van der Waals surface area contributed by atoms with Crippen LogP contribution in [-0.4, -0.2) is 13.6 Å². The summed E-state index contributed by atoms with van der Waals surface area (Å²) in [4.78, 5) is 12.3. The van der Waals surface area contributed by atoms with Gasteiger partial charge in [-0.05, 0) is 61.5 Å². The molecule has 3 unspecified atom stereocenters. The number of carbonyl (C=O) groups is 1. The van der Waals surface area contributed by atoms with Gasteiger partial charge in [0.2, 0.25) is 0 Å². The van der Waals surface area contributed by atoms with E-state index < -0.39 is 0 Å². The Labute approximate surface area is 123 Å². The summed E-state index contributed by atoms with van der Waals surface area (Å²) in [7, 11) is 5.66. The van der Waals surface area contributed by atoms with Crippen molar-refractivity contribution in [2.45, 2.75) is 43.8 Å². The van der Waals surface area contributed by atoms with Crippen molar-refractivity contribution < 1.29 is 4.79 Å². The van der Waals surface area contributed by atoms with Gasteiger partial charge in [0.1, 0.15) is 5.78 Å². The Balaban J connectivity index is 1.77. The van der Waals surface area contributed by atoms with Gasteiger partial charge in [-0.3, -0.25) is 4.79 Å². The predicted molar refractivity (Wildman–Crippen MR) is 79.3 cm³/mol. The lowest BCUT2D eigenvalue weighted by atomic mass is 9.53. The zero-order chi connectivity index (χ0) is 13.3. The van der Waals surface area contributed by atoms with Crippen LogP contribution in [-0.2, 0) is 10.2 Å². The fourth-order valence-electron chi connectivity index (χ4n) is 5.32. The van der Waals surface area contributed by atoms with Crippen molar-refractivity contribution in [2.75, 3.05) is 0 Å². The van der Waals surface area contributed by atoms with Crippen LogP contribution in [0.2, 0.25) is 6.32 Å². The van der Waals surface area contributed by atoms with Crippen LogP contribution in [0.25, 0.3) is 0 Å². The van der Waals surface area contributed by atoms with Crippen LogP contribution in [0.3, 0.4) is 0 Å². The molecule has 0 heterocycles. The van der Waals surface area contributed by atoms with Gasteiger partial charge in [0.05, 0.1) is 7.85 Å². The predicted octanol–water partition coefficient (Wildman–Crippen LogP) is 3.81. The van der Waals surface area contributed by atoms with Gasteiger partial charge in [-0.2, -0.15) is 0 Å². The molecule has 0 amide bonds. The second-order valence-electron chi connectivity index (χ2n) is 6.56. The molecule has 0 N–H and O–H groups in total. The standard InChI is InChI=1S/C16H16BBrO/c17-9-13(19)14-4-5-15(10-16(14,15)7-6-14)11-2-1-3-12(18)8-11/h1-3,8H,4-7,9-10H2. The zero-order valence-electron chi connectivity index (χ0n) is 10.9.